The van der Waals surface area contributed by atoms with E-state index in [1.807, 2.05) is 12.1 Å². The van der Waals surface area contributed by atoms with Crippen molar-refractivity contribution in [3.8, 4) is 17.3 Å². The molecule has 2 N–H and O–H groups in total. The summed E-state index contributed by atoms with van der Waals surface area (Å²) in [6, 6.07) is 5.93. The van der Waals surface area contributed by atoms with E-state index >= 15 is 0 Å². The molecule has 2 heterocycles. The van der Waals surface area contributed by atoms with Gasteiger partial charge >= 0.3 is 0 Å². The van der Waals surface area contributed by atoms with Crippen molar-refractivity contribution < 1.29 is 4.74 Å². The second kappa shape index (κ2) is 8.88. The number of halogens is 2. The van der Waals surface area contributed by atoms with Crippen LogP contribution in [-0.4, -0.2) is 27.1 Å². The van der Waals surface area contributed by atoms with Gasteiger partial charge in [0.25, 0.3) is 0 Å². The number of pyridine rings is 1. The Kier molecular flexibility index (Phi) is 7.51. The highest BCUT2D eigenvalue weighted by Crippen LogP contribution is 2.23. The Balaban J connectivity index is 0.00000121. The summed E-state index contributed by atoms with van der Waals surface area (Å²) < 4.78 is 5.94. The first-order valence-electron chi connectivity index (χ1n) is 6.97. The molecule has 22 heavy (non-hydrogen) atoms. The van der Waals surface area contributed by atoms with Crippen molar-refractivity contribution in [3.63, 3.8) is 0 Å². The first-order chi connectivity index (χ1) is 9.81. The standard InChI is InChI=1S/C15H18N4O.2ClH/c16-12-3-5-13(6-4-12)20-14-7-9-18-15(19-14)11-2-1-8-17-10-11;;/h1-2,7-10,12-13H,3-6,16H2;2*1H. The zero-order valence-corrected chi connectivity index (χ0v) is 13.7. The summed E-state index contributed by atoms with van der Waals surface area (Å²) in [6.07, 6.45) is 9.44. The lowest BCUT2D eigenvalue weighted by molar-refractivity contribution is 0.141. The molecule has 0 radical (unpaired) electrons. The van der Waals surface area contributed by atoms with E-state index in [0.29, 0.717) is 17.7 Å². The van der Waals surface area contributed by atoms with Gasteiger partial charge in [0.05, 0.1) is 0 Å². The highest BCUT2D eigenvalue weighted by molar-refractivity contribution is 5.85. The van der Waals surface area contributed by atoms with E-state index in [0.717, 1.165) is 31.2 Å². The molecule has 1 aliphatic carbocycles. The van der Waals surface area contributed by atoms with Crippen LogP contribution >= 0.6 is 24.8 Å². The predicted molar refractivity (Wildman–Crippen MR) is 90.6 cm³/mol. The van der Waals surface area contributed by atoms with Crippen molar-refractivity contribution in [1.29, 1.82) is 0 Å². The Hall–Kier alpha value is -1.43. The number of hydrogen-bond acceptors (Lipinski definition) is 5. The Morgan fingerprint density at radius 2 is 1.82 bits per heavy atom. The van der Waals surface area contributed by atoms with Gasteiger partial charge in [0, 0.05) is 36.3 Å². The van der Waals surface area contributed by atoms with Crippen LogP contribution in [0.1, 0.15) is 25.7 Å². The van der Waals surface area contributed by atoms with Crippen LogP contribution in [0.4, 0.5) is 0 Å². The van der Waals surface area contributed by atoms with Gasteiger partial charge in [-0.05, 0) is 37.8 Å². The van der Waals surface area contributed by atoms with Gasteiger partial charge in [0.1, 0.15) is 6.10 Å². The largest absolute Gasteiger partial charge is 0.474 e. The SMILES string of the molecule is Cl.Cl.NC1CCC(Oc2ccnc(-c3cccnc3)n2)CC1. The number of hydrogen-bond donors (Lipinski definition) is 1. The smallest absolute Gasteiger partial charge is 0.217 e. The van der Waals surface area contributed by atoms with E-state index in [-0.39, 0.29) is 30.9 Å². The van der Waals surface area contributed by atoms with Crippen molar-refractivity contribution >= 4 is 24.8 Å². The monoisotopic (exact) mass is 342 g/mol. The molecule has 0 atom stereocenters. The van der Waals surface area contributed by atoms with Crippen molar-refractivity contribution in [2.45, 2.75) is 37.8 Å². The molecular weight excluding hydrogens is 323 g/mol. The minimum Gasteiger partial charge on any atom is -0.474 e. The second-order valence-electron chi connectivity index (χ2n) is 5.11. The zero-order valence-electron chi connectivity index (χ0n) is 12.1. The van der Waals surface area contributed by atoms with Gasteiger partial charge in [-0.1, -0.05) is 0 Å². The molecule has 1 saturated carbocycles. The highest BCUT2D eigenvalue weighted by atomic mass is 35.5. The summed E-state index contributed by atoms with van der Waals surface area (Å²) in [7, 11) is 0. The maximum Gasteiger partial charge on any atom is 0.217 e. The fourth-order valence-electron chi connectivity index (χ4n) is 2.42. The van der Waals surface area contributed by atoms with Crippen molar-refractivity contribution in [2.75, 3.05) is 0 Å². The lowest BCUT2D eigenvalue weighted by atomic mass is 9.94. The van der Waals surface area contributed by atoms with Gasteiger partial charge in [0.2, 0.25) is 5.88 Å². The molecule has 0 amide bonds. The van der Waals surface area contributed by atoms with Crippen LogP contribution in [0.2, 0.25) is 0 Å². The molecule has 0 unspecified atom stereocenters. The van der Waals surface area contributed by atoms with Gasteiger partial charge in [-0.25, -0.2) is 4.98 Å². The molecule has 2 aromatic heterocycles. The lowest BCUT2D eigenvalue weighted by Crippen LogP contribution is -2.31. The third-order valence-corrected chi connectivity index (χ3v) is 3.56. The summed E-state index contributed by atoms with van der Waals surface area (Å²) in [4.78, 5) is 12.8. The van der Waals surface area contributed by atoms with Crippen LogP contribution in [0.25, 0.3) is 11.4 Å². The average molecular weight is 343 g/mol. The summed E-state index contributed by atoms with van der Waals surface area (Å²) in [5.74, 6) is 1.27. The summed E-state index contributed by atoms with van der Waals surface area (Å²) >= 11 is 0. The predicted octanol–water partition coefficient (Wildman–Crippen LogP) is 3.03. The molecule has 2 aromatic rings. The average Bonchev–Trinajstić information content (AvgIpc) is 2.51. The topological polar surface area (TPSA) is 73.9 Å². The number of rotatable bonds is 3. The van der Waals surface area contributed by atoms with E-state index in [9.17, 15) is 0 Å². The van der Waals surface area contributed by atoms with Crippen molar-refractivity contribution in [1.82, 2.24) is 15.0 Å². The summed E-state index contributed by atoms with van der Waals surface area (Å²) in [6.45, 7) is 0. The van der Waals surface area contributed by atoms with Crippen LogP contribution in [0.3, 0.4) is 0 Å². The third-order valence-electron chi connectivity index (χ3n) is 3.56. The molecule has 0 aliphatic heterocycles. The van der Waals surface area contributed by atoms with Gasteiger partial charge in [-0.15, -0.1) is 24.8 Å². The fourth-order valence-corrected chi connectivity index (χ4v) is 2.42. The molecule has 0 bridgehead atoms. The van der Waals surface area contributed by atoms with Crippen molar-refractivity contribution in [2.24, 2.45) is 5.73 Å². The molecule has 0 spiro atoms. The zero-order chi connectivity index (χ0) is 13.8. The molecule has 1 fully saturated rings. The number of nitrogens with zero attached hydrogens (tertiary/aromatic N) is 3. The number of ether oxygens (including phenoxy) is 1. The van der Waals surface area contributed by atoms with E-state index in [2.05, 4.69) is 15.0 Å². The highest BCUT2D eigenvalue weighted by Gasteiger charge is 2.20. The number of aromatic nitrogens is 3. The molecule has 7 heteroatoms. The van der Waals surface area contributed by atoms with Gasteiger partial charge in [-0.3, -0.25) is 4.98 Å². The second-order valence-corrected chi connectivity index (χ2v) is 5.11. The molecule has 5 nitrogen and oxygen atoms in total. The Morgan fingerprint density at radius 1 is 1.05 bits per heavy atom. The molecule has 120 valence electrons. The Morgan fingerprint density at radius 3 is 2.50 bits per heavy atom. The van der Waals surface area contributed by atoms with Crippen LogP contribution in [0.15, 0.2) is 36.8 Å². The maximum atomic E-state index is 5.94. The van der Waals surface area contributed by atoms with E-state index < -0.39 is 0 Å². The van der Waals surface area contributed by atoms with E-state index in [4.69, 9.17) is 10.5 Å². The third kappa shape index (κ3) is 4.80. The van der Waals surface area contributed by atoms with Gasteiger partial charge in [0.15, 0.2) is 5.82 Å². The Labute approximate surface area is 142 Å². The molecule has 1 aliphatic rings. The van der Waals surface area contributed by atoms with Crippen LogP contribution in [-0.2, 0) is 0 Å². The first-order valence-corrected chi connectivity index (χ1v) is 6.97. The van der Waals surface area contributed by atoms with Crippen LogP contribution in [0, 0.1) is 0 Å². The molecule has 0 aromatic carbocycles. The normalized spacial score (nSPS) is 20.4. The van der Waals surface area contributed by atoms with Crippen molar-refractivity contribution in [3.05, 3.63) is 36.8 Å². The summed E-state index contributed by atoms with van der Waals surface area (Å²) in [5.41, 5.74) is 6.79. The maximum absolute atomic E-state index is 5.94. The number of nitrogens with two attached hydrogens (primary N) is 1. The minimum atomic E-state index is 0. The molecule has 3 rings (SSSR count). The van der Waals surface area contributed by atoms with E-state index in [1.165, 1.54) is 0 Å². The lowest BCUT2D eigenvalue weighted by Gasteiger charge is -2.26. The van der Waals surface area contributed by atoms with Gasteiger partial charge in [-0.2, -0.15) is 4.98 Å². The Bertz CT molecular complexity index is 562. The van der Waals surface area contributed by atoms with Crippen LogP contribution < -0.4 is 10.5 Å². The van der Waals surface area contributed by atoms with Gasteiger partial charge < -0.3 is 10.5 Å². The van der Waals surface area contributed by atoms with Crippen LogP contribution in [0.5, 0.6) is 5.88 Å². The fraction of sp³-hybridized carbons (Fsp3) is 0.400. The molecule has 0 saturated heterocycles. The molecular formula is C15H20Cl2N4O. The minimum absolute atomic E-state index is 0. The van der Waals surface area contributed by atoms with E-state index in [1.54, 1.807) is 24.7 Å². The quantitative estimate of drug-likeness (QED) is 0.927. The first kappa shape index (κ1) is 18.6. The summed E-state index contributed by atoms with van der Waals surface area (Å²) in [5, 5.41) is 0.